The number of fused-ring (bicyclic) bond motifs is 1. The molecule has 8 nitrogen and oxygen atoms in total. The molecular weight excluding hydrogens is 408 g/mol. The van der Waals surface area contributed by atoms with Crippen molar-refractivity contribution in [3.63, 3.8) is 0 Å². The van der Waals surface area contributed by atoms with Crippen LogP contribution in [0.2, 0.25) is 0 Å². The first kappa shape index (κ1) is 20.5. The van der Waals surface area contributed by atoms with Crippen molar-refractivity contribution >= 4 is 11.6 Å². The molecule has 3 aromatic rings. The summed E-state index contributed by atoms with van der Waals surface area (Å²) >= 11 is 0. The topological polar surface area (TPSA) is 80.9 Å². The molecule has 2 aliphatic heterocycles. The van der Waals surface area contributed by atoms with Gasteiger partial charge in [0.2, 0.25) is 11.7 Å². The molecule has 0 aliphatic carbocycles. The van der Waals surface area contributed by atoms with Crippen LogP contribution >= 0.6 is 0 Å². The Kier molecular flexibility index (Phi) is 5.77. The van der Waals surface area contributed by atoms with Gasteiger partial charge in [-0.25, -0.2) is 0 Å². The molecule has 1 aromatic heterocycles. The molecule has 2 aromatic carbocycles. The zero-order chi connectivity index (χ0) is 21.9. The minimum atomic E-state index is -0.417. The highest BCUT2D eigenvalue weighted by molar-refractivity contribution is 5.77. The van der Waals surface area contributed by atoms with Crippen molar-refractivity contribution in [1.82, 2.24) is 15.0 Å². The van der Waals surface area contributed by atoms with Crippen molar-refractivity contribution in [3.05, 3.63) is 60.0 Å². The molecule has 0 bridgehead atoms. The van der Waals surface area contributed by atoms with Crippen molar-refractivity contribution in [1.29, 1.82) is 0 Å². The Morgan fingerprint density at radius 3 is 2.84 bits per heavy atom. The molecule has 0 saturated carbocycles. The number of ether oxygens (including phenoxy) is 2. The Hall–Kier alpha value is -3.39. The Labute approximate surface area is 186 Å². The second kappa shape index (κ2) is 9.00. The van der Waals surface area contributed by atoms with E-state index >= 15 is 0 Å². The summed E-state index contributed by atoms with van der Waals surface area (Å²) in [5.74, 6) is 1.77. The number of carbonyl (C=O) groups excluding carboxylic acids is 1. The van der Waals surface area contributed by atoms with Crippen LogP contribution in [0.25, 0.3) is 11.4 Å². The number of carbonyl (C=O) groups is 1. The van der Waals surface area contributed by atoms with Crippen LogP contribution in [-0.2, 0) is 16.0 Å². The van der Waals surface area contributed by atoms with E-state index in [1.807, 2.05) is 29.2 Å². The molecular formula is C24H26N4O4. The molecule has 5 rings (SSSR count). The molecule has 0 N–H and O–H groups in total. The van der Waals surface area contributed by atoms with Gasteiger partial charge in [0.1, 0.15) is 5.75 Å². The summed E-state index contributed by atoms with van der Waals surface area (Å²) in [6.45, 7) is 3.13. The van der Waals surface area contributed by atoms with E-state index in [1.165, 1.54) is 11.3 Å². The van der Waals surface area contributed by atoms with E-state index in [2.05, 4.69) is 39.3 Å². The Morgan fingerprint density at radius 2 is 2.00 bits per heavy atom. The van der Waals surface area contributed by atoms with E-state index in [9.17, 15) is 4.79 Å². The maximum atomic E-state index is 12.9. The lowest BCUT2D eigenvalue weighted by molar-refractivity contribution is -0.139. The number of amides is 1. The molecule has 0 radical (unpaired) electrons. The molecule has 1 saturated heterocycles. The van der Waals surface area contributed by atoms with Gasteiger partial charge in [0.05, 0.1) is 20.3 Å². The average molecular weight is 434 g/mol. The zero-order valence-corrected chi connectivity index (χ0v) is 18.1. The molecule has 3 heterocycles. The molecule has 2 aliphatic rings. The molecule has 0 unspecified atom stereocenters. The van der Waals surface area contributed by atoms with Crippen LogP contribution in [0.1, 0.15) is 24.0 Å². The minimum absolute atomic E-state index is 0.123. The molecule has 166 valence electrons. The van der Waals surface area contributed by atoms with Gasteiger partial charge < -0.3 is 23.8 Å². The molecule has 32 heavy (non-hydrogen) atoms. The molecule has 0 spiro atoms. The zero-order valence-electron chi connectivity index (χ0n) is 18.1. The van der Waals surface area contributed by atoms with Crippen LogP contribution in [0.15, 0.2) is 53.1 Å². The fourth-order valence-corrected chi connectivity index (χ4v) is 4.28. The number of benzene rings is 2. The number of nitrogens with zero attached hydrogens (tertiary/aromatic N) is 4. The third-order valence-corrected chi connectivity index (χ3v) is 6.06. The Balaban J connectivity index is 1.19. The lowest BCUT2D eigenvalue weighted by atomic mass is 10.2. The van der Waals surface area contributed by atoms with Gasteiger partial charge in [0.25, 0.3) is 5.89 Å². The van der Waals surface area contributed by atoms with Crippen LogP contribution in [-0.4, -0.2) is 60.8 Å². The van der Waals surface area contributed by atoms with Gasteiger partial charge in [-0.05, 0) is 42.3 Å². The van der Waals surface area contributed by atoms with Crippen LogP contribution in [0.5, 0.6) is 5.75 Å². The number of rotatable bonds is 6. The van der Waals surface area contributed by atoms with Crippen LogP contribution in [0.3, 0.4) is 0 Å². The lowest BCUT2D eigenvalue weighted by Crippen LogP contribution is -2.43. The molecule has 8 heteroatoms. The normalized spacial score (nSPS) is 18.0. The second-order valence-corrected chi connectivity index (χ2v) is 8.00. The van der Waals surface area contributed by atoms with Gasteiger partial charge in [-0.15, -0.1) is 0 Å². The number of hydrogen-bond donors (Lipinski definition) is 0. The first-order chi connectivity index (χ1) is 15.7. The quantitative estimate of drug-likeness (QED) is 0.590. The largest absolute Gasteiger partial charge is 0.497 e. The van der Waals surface area contributed by atoms with Gasteiger partial charge >= 0.3 is 0 Å². The van der Waals surface area contributed by atoms with Gasteiger partial charge in [-0.2, -0.15) is 4.98 Å². The maximum absolute atomic E-state index is 12.9. The van der Waals surface area contributed by atoms with E-state index in [-0.39, 0.29) is 5.91 Å². The SMILES string of the molecule is COc1ccc(-c2noc([C@@H]3CN(C(=O)CCN4CCc5ccccc54)CCO3)n2)cc1. The summed E-state index contributed by atoms with van der Waals surface area (Å²) in [6, 6.07) is 15.9. The summed E-state index contributed by atoms with van der Waals surface area (Å²) in [6.07, 6.45) is 1.10. The van der Waals surface area contributed by atoms with Crippen LogP contribution < -0.4 is 9.64 Å². The standard InChI is InChI=1S/C24H26N4O4/c1-30-19-8-6-18(7-9-19)23-25-24(32-26-23)21-16-28(14-15-31-21)22(29)11-13-27-12-10-17-4-2-3-5-20(17)27/h2-9,21H,10-16H2,1H3/t21-/m0/s1. The number of anilines is 1. The fourth-order valence-electron chi connectivity index (χ4n) is 4.28. The summed E-state index contributed by atoms with van der Waals surface area (Å²) in [4.78, 5) is 21.5. The summed E-state index contributed by atoms with van der Waals surface area (Å²) < 4.78 is 16.5. The first-order valence-electron chi connectivity index (χ1n) is 10.9. The van der Waals surface area contributed by atoms with Crippen molar-refractivity contribution in [2.75, 3.05) is 44.8 Å². The Bertz CT molecular complexity index is 1080. The van der Waals surface area contributed by atoms with E-state index in [0.717, 1.165) is 30.8 Å². The van der Waals surface area contributed by atoms with Crippen molar-refractivity contribution in [2.24, 2.45) is 0 Å². The molecule has 1 fully saturated rings. The fraction of sp³-hybridized carbons (Fsp3) is 0.375. The first-order valence-corrected chi connectivity index (χ1v) is 10.9. The summed E-state index contributed by atoms with van der Waals surface area (Å²) in [7, 11) is 1.62. The predicted octanol–water partition coefficient (Wildman–Crippen LogP) is 3.10. The number of morpholine rings is 1. The number of para-hydroxylation sites is 1. The van der Waals surface area contributed by atoms with Gasteiger partial charge in [-0.1, -0.05) is 23.4 Å². The summed E-state index contributed by atoms with van der Waals surface area (Å²) in [5.41, 5.74) is 3.43. The van der Waals surface area contributed by atoms with E-state index in [4.69, 9.17) is 14.0 Å². The predicted molar refractivity (Wildman–Crippen MR) is 119 cm³/mol. The summed E-state index contributed by atoms with van der Waals surface area (Å²) in [5, 5.41) is 4.08. The van der Waals surface area contributed by atoms with Crippen molar-refractivity contribution < 1.29 is 18.8 Å². The minimum Gasteiger partial charge on any atom is -0.497 e. The smallest absolute Gasteiger partial charge is 0.257 e. The van der Waals surface area contributed by atoms with Crippen molar-refractivity contribution in [2.45, 2.75) is 18.9 Å². The number of hydrogen-bond acceptors (Lipinski definition) is 7. The monoisotopic (exact) mass is 434 g/mol. The van der Waals surface area contributed by atoms with Gasteiger partial charge in [0, 0.05) is 37.3 Å². The van der Waals surface area contributed by atoms with E-state index in [1.54, 1.807) is 7.11 Å². The third kappa shape index (κ3) is 4.18. The highest BCUT2D eigenvalue weighted by Crippen LogP contribution is 2.28. The third-order valence-electron chi connectivity index (χ3n) is 6.06. The number of methoxy groups -OCH3 is 1. The van der Waals surface area contributed by atoms with E-state index < -0.39 is 6.10 Å². The second-order valence-electron chi connectivity index (χ2n) is 8.00. The van der Waals surface area contributed by atoms with Crippen LogP contribution in [0, 0.1) is 0 Å². The molecule has 1 atom stereocenters. The molecule has 1 amide bonds. The van der Waals surface area contributed by atoms with Gasteiger partial charge in [0.15, 0.2) is 6.10 Å². The van der Waals surface area contributed by atoms with E-state index in [0.29, 0.717) is 37.8 Å². The Morgan fingerprint density at radius 1 is 1.16 bits per heavy atom. The lowest BCUT2D eigenvalue weighted by Gasteiger charge is -2.32. The van der Waals surface area contributed by atoms with Crippen LogP contribution in [0.4, 0.5) is 5.69 Å². The highest BCUT2D eigenvalue weighted by atomic mass is 16.5. The maximum Gasteiger partial charge on any atom is 0.257 e. The van der Waals surface area contributed by atoms with Crippen molar-refractivity contribution in [3.8, 4) is 17.1 Å². The number of aromatic nitrogens is 2. The van der Waals surface area contributed by atoms with Gasteiger partial charge in [-0.3, -0.25) is 4.79 Å². The highest BCUT2D eigenvalue weighted by Gasteiger charge is 2.30. The average Bonchev–Trinajstić information content (AvgIpc) is 3.50.